The maximum absolute atomic E-state index is 13.0. The summed E-state index contributed by atoms with van der Waals surface area (Å²) in [5.41, 5.74) is 0.778. The van der Waals surface area contributed by atoms with E-state index < -0.39 is 35.3 Å². The summed E-state index contributed by atoms with van der Waals surface area (Å²) in [6.45, 7) is 6.87. The van der Waals surface area contributed by atoms with E-state index >= 15 is 0 Å². The molecule has 0 bridgehead atoms. The lowest BCUT2D eigenvalue weighted by Gasteiger charge is -2.29. The summed E-state index contributed by atoms with van der Waals surface area (Å²) in [7, 11) is 0. The van der Waals surface area contributed by atoms with Crippen LogP contribution in [0.2, 0.25) is 0 Å². The molecule has 1 atom stereocenters. The molecule has 36 heavy (non-hydrogen) atoms. The fourth-order valence-electron chi connectivity index (χ4n) is 5.02. The quantitative estimate of drug-likeness (QED) is 0.514. The second-order valence-electron chi connectivity index (χ2n) is 10.9. The Bertz CT molecular complexity index is 1070. The number of hydrogen-bond donors (Lipinski definition) is 3. The normalized spacial score (nSPS) is 24.3. The molecule has 4 rings (SSSR count). The predicted molar refractivity (Wildman–Crippen MR) is 131 cm³/mol. The highest BCUT2D eigenvalue weighted by atomic mass is 16.6. The number of amides is 5. The Morgan fingerprint density at radius 2 is 1.61 bits per heavy atom. The highest BCUT2D eigenvalue weighted by Gasteiger charge is 2.44. The van der Waals surface area contributed by atoms with Gasteiger partial charge in [0.25, 0.3) is 11.8 Å². The van der Waals surface area contributed by atoms with Crippen LogP contribution in [0.25, 0.3) is 0 Å². The third kappa shape index (κ3) is 5.85. The predicted octanol–water partition coefficient (Wildman–Crippen LogP) is 2.83. The smallest absolute Gasteiger partial charge is 0.407 e. The molecule has 1 aliphatic carbocycles. The third-order valence-corrected chi connectivity index (χ3v) is 6.93. The van der Waals surface area contributed by atoms with Gasteiger partial charge >= 0.3 is 6.09 Å². The lowest BCUT2D eigenvalue weighted by molar-refractivity contribution is -0.136. The van der Waals surface area contributed by atoms with Gasteiger partial charge in [-0.05, 0) is 82.9 Å². The molecule has 2 aliphatic heterocycles. The molecule has 10 nitrogen and oxygen atoms in total. The van der Waals surface area contributed by atoms with Crippen LogP contribution in [-0.4, -0.2) is 59.4 Å². The van der Waals surface area contributed by atoms with Crippen LogP contribution in [-0.2, 0) is 14.3 Å². The van der Waals surface area contributed by atoms with Crippen molar-refractivity contribution in [2.24, 2.45) is 11.8 Å². The van der Waals surface area contributed by atoms with E-state index in [1.165, 1.54) is 0 Å². The molecule has 2 fully saturated rings. The Balaban J connectivity index is 1.27. The summed E-state index contributed by atoms with van der Waals surface area (Å²) in [5, 5.41) is 8.45. The third-order valence-electron chi connectivity index (χ3n) is 6.93. The zero-order valence-electron chi connectivity index (χ0n) is 21.0. The molecule has 2 heterocycles. The van der Waals surface area contributed by atoms with Crippen LogP contribution in [0.3, 0.4) is 0 Å². The minimum atomic E-state index is -0.966. The minimum absolute atomic E-state index is 0.0932. The largest absolute Gasteiger partial charge is 0.444 e. The van der Waals surface area contributed by atoms with E-state index in [2.05, 4.69) is 16.0 Å². The van der Waals surface area contributed by atoms with Crippen LogP contribution >= 0.6 is 0 Å². The molecule has 3 N–H and O–H groups in total. The van der Waals surface area contributed by atoms with E-state index in [9.17, 15) is 24.0 Å². The van der Waals surface area contributed by atoms with Crippen LogP contribution in [0.5, 0.6) is 0 Å². The number of alkyl carbamates (subject to hydrolysis) is 1. The Kier molecular flexibility index (Phi) is 7.33. The molecule has 1 saturated heterocycles. The summed E-state index contributed by atoms with van der Waals surface area (Å²) < 4.78 is 5.29. The van der Waals surface area contributed by atoms with E-state index in [0.717, 1.165) is 42.8 Å². The van der Waals surface area contributed by atoms with Gasteiger partial charge in [0.2, 0.25) is 11.8 Å². The highest BCUT2D eigenvalue weighted by molar-refractivity contribution is 6.23. The number of rotatable bonds is 6. The molecule has 1 aromatic carbocycles. The number of hydrogen-bond acceptors (Lipinski definition) is 7. The zero-order valence-corrected chi connectivity index (χ0v) is 21.0. The van der Waals surface area contributed by atoms with Crippen molar-refractivity contribution in [1.29, 1.82) is 0 Å². The summed E-state index contributed by atoms with van der Waals surface area (Å²) in [6, 6.07) is 4.08. The molecule has 1 unspecified atom stereocenters. The molecule has 0 radical (unpaired) electrons. The van der Waals surface area contributed by atoms with Gasteiger partial charge in [-0.15, -0.1) is 0 Å². The standard InChI is InChI=1S/C26H34N4O6/c1-26(2,3)36-25(35)28-14-16-6-4-15(5-7-16)13-27-17-8-9-18-19(12-17)24(34)30(23(18)33)20-10-11-21(31)29-22(20)32/h8-9,12,15-16,20,27H,4-7,10-11,13-14H2,1-3H3,(H,28,35)(H,29,31,32). The first-order valence-electron chi connectivity index (χ1n) is 12.6. The van der Waals surface area contributed by atoms with Crippen molar-refractivity contribution < 1.29 is 28.7 Å². The van der Waals surface area contributed by atoms with Gasteiger partial charge in [0.15, 0.2) is 0 Å². The monoisotopic (exact) mass is 498 g/mol. The number of nitrogens with zero attached hydrogens (tertiary/aromatic N) is 1. The SMILES string of the molecule is CC(C)(C)OC(=O)NCC1CCC(CNc2ccc3c(c2)C(=O)N(C2CCC(=O)NC2=O)C3=O)CC1. The molecular weight excluding hydrogens is 464 g/mol. The summed E-state index contributed by atoms with van der Waals surface area (Å²) in [4.78, 5) is 62.3. The molecule has 3 aliphatic rings. The molecule has 0 spiro atoms. The molecular formula is C26H34N4O6. The van der Waals surface area contributed by atoms with Crippen molar-refractivity contribution in [3.63, 3.8) is 0 Å². The molecule has 1 aromatic rings. The first-order valence-corrected chi connectivity index (χ1v) is 12.6. The number of fused-ring (bicyclic) bond motifs is 1. The van der Waals surface area contributed by atoms with E-state index in [1.807, 2.05) is 20.8 Å². The Labute approximate surface area is 210 Å². The average Bonchev–Trinajstić information content (AvgIpc) is 3.05. The topological polar surface area (TPSA) is 134 Å². The highest BCUT2D eigenvalue weighted by Crippen LogP contribution is 2.31. The van der Waals surface area contributed by atoms with Gasteiger partial charge in [-0.3, -0.25) is 29.4 Å². The minimum Gasteiger partial charge on any atom is -0.444 e. The number of piperidine rings is 1. The van der Waals surface area contributed by atoms with Crippen molar-refractivity contribution in [3.05, 3.63) is 29.3 Å². The van der Waals surface area contributed by atoms with Crippen LogP contribution in [0.15, 0.2) is 18.2 Å². The van der Waals surface area contributed by atoms with Gasteiger partial charge in [0.05, 0.1) is 11.1 Å². The fraction of sp³-hybridized carbons (Fsp3) is 0.577. The second kappa shape index (κ2) is 10.3. The lowest BCUT2D eigenvalue weighted by atomic mass is 9.82. The van der Waals surface area contributed by atoms with Gasteiger partial charge in [-0.25, -0.2) is 4.79 Å². The molecule has 0 aromatic heterocycles. The summed E-state index contributed by atoms with van der Waals surface area (Å²) in [5.74, 6) is -1.13. The van der Waals surface area contributed by atoms with Crippen molar-refractivity contribution in [1.82, 2.24) is 15.5 Å². The number of nitrogens with one attached hydrogen (secondary N) is 3. The van der Waals surface area contributed by atoms with Gasteiger partial charge < -0.3 is 15.4 Å². The maximum Gasteiger partial charge on any atom is 0.407 e. The summed E-state index contributed by atoms with van der Waals surface area (Å²) in [6.07, 6.45) is 3.93. The summed E-state index contributed by atoms with van der Waals surface area (Å²) >= 11 is 0. The van der Waals surface area contributed by atoms with Crippen LogP contribution in [0, 0.1) is 11.8 Å². The van der Waals surface area contributed by atoms with E-state index in [0.29, 0.717) is 18.4 Å². The molecule has 194 valence electrons. The fourth-order valence-corrected chi connectivity index (χ4v) is 5.02. The van der Waals surface area contributed by atoms with Gasteiger partial charge in [-0.2, -0.15) is 0 Å². The van der Waals surface area contributed by atoms with Crippen molar-refractivity contribution >= 4 is 35.4 Å². The average molecular weight is 499 g/mol. The van der Waals surface area contributed by atoms with Crippen molar-refractivity contribution in [2.45, 2.75) is 70.9 Å². The van der Waals surface area contributed by atoms with Gasteiger partial charge in [0.1, 0.15) is 11.6 Å². The molecule has 5 amide bonds. The molecule has 10 heteroatoms. The zero-order chi connectivity index (χ0) is 26.0. The Morgan fingerprint density at radius 1 is 0.972 bits per heavy atom. The number of ether oxygens (including phenoxy) is 1. The van der Waals surface area contributed by atoms with Crippen LogP contribution < -0.4 is 16.0 Å². The number of carbonyl (C=O) groups is 5. The number of imide groups is 2. The first kappa shape index (κ1) is 25.7. The van der Waals surface area contributed by atoms with Crippen molar-refractivity contribution in [2.75, 3.05) is 18.4 Å². The second-order valence-corrected chi connectivity index (χ2v) is 10.9. The van der Waals surface area contributed by atoms with E-state index in [-0.39, 0.29) is 30.1 Å². The number of anilines is 1. The first-order chi connectivity index (χ1) is 17.0. The Hall–Kier alpha value is -3.43. The number of carbonyl (C=O) groups excluding carboxylic acids is 5. The van der Waals surface area contributed by atoms with Crippen molar-refractivity contribution in [3.8, 4) is 0 Å². The van der Waals surface area contributed by atoms with Crippen LogP contribution in [0.4, 0.5) is 10.5 Å². The molecule has 1 saturated carbocycles. The van der Waals surface area contributed by atoms with E-state index in [4.69, 9.17) is 4.74 Å². The van der Waals surface area contributed by atoms with Gasteiger partial charge in [-0.1, -0.05) is 0 Å². The maximum atomic E-state index is 13.0. The number of benzene rings is 1. The van der Waals surface area contributed by atoms with Crippen LogP contribution in [0.1, 0.15) is 80.0 Å². The van der Waals surface area contributed by atoms with Gasteiger partial charge in [0, 0.05) is 25.2 Å². The Morgan fingerprint density at radius 3 is 2.25 bits per heavy atom. The van der Waals surface area contributed by atoms with E-state index in [1.54, 1.807) is 18.2 Å². The lowest BCUT2D eigenvalue weighted by Crippen LogP contribution is -2.54.